The Hall–Kier alpha value is -1.23. The van der Waals surface area contributed by atoms with Gasteiger partial charge in [-0.2, -0.15) is 0 Å². The fraction of sp³-hybridized carbons (Fsp3) is 0.611. The van der Waals surface area contributed by atoms with E-state index in [-0.39, 0.29) is 5.54 Å². The summed E-state index contributed by atoms with van der Waals surface area (Å²) in [6.45, 7) is 12.5. The maximum Gasteiger partial charge on any atom is 0.191 e. The van der Waals surface area contributed by atoms with Crippen LogP contribution >= 0.6 is 15.9 Å². The molecule has 1 heterocycles. The maximum atomic E-state index is 4.78. The van der Waals surface area contributed by atoms with Gasteiger partial charge in [-0.1, -0.05) is 22.0 Å². The first-order valence-corrected chi connectivity index (χ1v) is 9.23. The lowest BCUT2D eigenvalue weighted by atomic mass is 10.1. The van der Waals surface area contributed by atoms with Crippen LogP contribution in [0.25, 0.3) is 0 Å². The fourth-order valence-electron chi connectivity index (χ4n) is 2.77. The molecule has 0 aromatic heterocycles. The third-order valence-electron chi connectivity index (χ3n) is 3.80. The molecule has 1 aromatic carbocycles. The average molecular weight is 381 g/mol. The smallest absolute Gasteiger partial charge is 0.191 e. The third kappa shape index (κ3) is 6.05. The molecule has 1 saturated heterocycles. The van der Waals surface area contributed by atoms with Gasteiger partial charge in [-0.15, -0.1) is 0 Å². The molecular formula is C18H29BrN4. The van der Waals surface area contributed by atoms with Gasteiger partial charge in [0.1, 0.15) is 0 Å². The molecule has 2 N–H and O–H groups in total. The number of hydrogen-bond donors (Lipinski definition) is 2. The zero-order chi connectivity index (χ0) is 16.9. The van der Waals surface area contributed by atoms with Crippen LogP contribution in [0.1, 0.15) is 34.1 Å². The van der Waals surface area contributed by atoms with E-state index >= 15 is 0 Å². The topological polar surface area (TPSA) is 39.7 Å². The number of nitrogens with zero attached hydrogens (tertiary/aromatic N) is 2. The molecule has 0 spiro atoms. The van der Waals surface area contributed by atoms with E-state index in [9.17, 15) is 0 Å². The number of benzene rings is 1. The Bertz CT molecular complexity index is 536. The predicted molar refractivity (Wildman–Crippen MR) is 103 cm³/mol. The van der Waals surface area contributed by atoms with E-state index in [1.54, 1.807) is 0 Å². The summed E-state index contributed by atoms with van der Waals surface area (Å²) in [5.74, 6) is 1.53. The first kappa shape index (κ1) is 18.1. The second-order valence-electron chi connectivity index (χ2n) is 7.18. The quantitative estimate of drug-likeness (QED) is 0.618. The van der Waals surface area contributed by atoms with Crippen LogP contribution in [-0.2, 0) is 0 Å². The highest BCUT2D eigenvalue weighted by Crippen LogP contribution is 2.26. The minimum absolute atomic E-state index is 0.0268. The van der Waals surface area contributed by atoms with E-state index in [4.69, 9.17) is 4.99 Å². The van der Waals surface area contributed by atoms with E-state index < -0.39 is 0 Å². The summed E-state index contributed by atoms with van der Waals surface area (Å²) in [5.41, 5.74) is 1.32. The van der Waals surface area contributed by atoms with E-state index in [1.807, 2.05) is 0 Å². The number of aliphatic imine (C=N–C) groups is 1. The Balaban J connectivity index is 1.92. The van der Waals surface area contributed by atoms with Crippen molar-refractivity contribution in [3.8, 4) is 0 Å². The van der Waals surface area contributed by atoms with Gasteiger partial charge in [-0.25, -0.2) is 0 Å². The zero-order valence-corrected chi connectivity index (χ0v) is 16.3. The standard InChI is InChI=1S/C18H29BrN4/c1-5-20-17(22-18(2,3)4)21-12-14-9-10-23(13-14)16-8-6-7-15(19)11-16/h6-8,11,14H,5,9-10,12-13H2,1-4H3,(H2,20,21,22). The first-order valence-electron chi connectivity index (χ1n) is 8.44. The Morgan fingerprint density at radius 3 is 2.83 bits per heavy atom. The predicted octanol–water partition coefficient (Wildman–Crippen LogP) is 3.63. The van der Waals surface area contributed by atoms with Crippen LogP contribution < -0.4 is 15.5 Å². The van der Waals surface area contributed by atoms with Gasteiger partial charge in [0.2, 0.25) is 0 Å². The molecule has 1 aromatic rings. The highest BCUT2D eigenvalue weighted by molar-refractivity contribution is 9.10. The molecule has 5 heteroatoms. The van der Waals surface area contributed by atoms with Crippen molar-refractivity contribution >= 4 is 27.6 Å². The molecule has 23 heavy (non-hydrogen) atoms. The summed E-state index contributed by atoms with van der Waals surface area (Å²) in [6.07, 6.45) is 1.20. The number of nitrogens with one attached hydrogen (secondary N) is 2. The first-order chi connectivity index (χ1) is 10.9. The Kier molecular flexibility index (Phi) is 6.33. The molecule has 1 fully saturated rings. The molecule has 1 aliphatic heterocycles. The van der Waals surface area contributed by atoms with Gasteiger partial charge in [0.05, 0.1) is 0 Å². The molecule has 1 atom stereocenters. The average Bonchev–Trinajstić information content (AvgIpc) is 2.92. The number of rotatable bonds is 4. The molecule has 0 aliphatic carbocycles. The summed E-state index contributed by atoms with van der Waals surface area (Å²) >= 11 is 3.55. The largest absolute Gasteiger partial charge is 0.371 e. The SMILES string of the molecule is CCNC(=NCC1CCN(c2cccc(Br)c2)C1)NC(C)(C)C. The second-order valence-corrected chi connectivity index (χ2v) is 8.09. The maximum absolute atomic E-state index is 4.78. The van der Waals surface area contributed by atoms with Crippen LogP contribution in [0.4, 0.5) is 5.69 Å². The highest BCUT2D eigenvalue weighted by atomic mass is 79.9. The Morgan fingerprint density at radius 1 is 1.39 bits per heavy atom. The van der Waals surface area contributed by atoms with Gasteiger partial charge in [-0.05, 0) is 58.2 Å². The lowest BCUT2D eigenvalue weighted by molar-refractivity contribution is 0.498. The van der Waals surface area contributed by atoms with Gasteiger partial charge in [0.25, 0.3) is 0 Å². The Labute approximate surface area is 148 Å². The van der Waals surface area contributed by atoms with Crippen LogP contribution in [0.5, 0.6) is 0 Å². The van der Waals surface area contributed by atoms with Crippen LogP contribution in [0.15, 0.2) is 33.7 Å². The van der Waals surface area contributed by atoms with Crippen molar-refractivity contribution in [2.75, 3.05) is 31.1 Å². The molecule has 1 aliphatic rings. The summed E-state index contributed by atoms with van der Waals surface area (Å²) < 4.78 is 1.14. The van der Waals surface area contributed by atoms with Crippen LogP contribution in [0, 0.1) is 5.92 Å². The van der Waals surface area contributed by atoms with Gasteiger partial charge >= 0.3 is 0 Å². The minimum atomic E-state index is 0.0268. The lowest BCUT2D eigenvalue weighted by Gasteiger charge is -2.24. The molecule has 128 valence electrons. The summed E-state index contributed by atoms with van der Waals surface area (Å²) in [7, 11) is 0. The van der Waals surface area contributed by atoms with Crippen molar-refractivity contribution < 1.29 is 0 Å². The third-order valence-corrected chi connectivity index (χ3v) is 4.30. The van der Waals surface area contributed by atoms with Gasteiger partial charge in [0, 0.05) is 41.9 Å². The molecule has 0 amide bonds. The number of guanidine groups is 1. The van der Waals surface area contributed by atoms with E-state index in [2.05, 4.69) is 83.4 Å². The van der Waals surface area contributed by atoms with Crippen LogP contribution in [0.3, 0.4) is 0 Å². The van der Waals surface area contributed by atoms with Crippen molar-refractivity contribution in [3.63, 3.8) is 0 Å². The number of anilines is 1. The van der Waals surface area contributed by atoms with Crippen LogP contribution in [0.2, 0.25) is 0 Å². The van der Waals surface area contributed by atoms with E-state index in [0.717, 1.165) is 36.6 Å². The molecular weight excluding hydrogens is 352 g/mol. The van der Waals surface area contributed by atoms with Gasteiger partial charge < -0.3 is 15.5 Å². The van der Waals surface area contributed by atoms with E-state index in [1.165, 1.54) is 12.1 Å². The minimum Gasteiger partial charge on any atom is -0.371 e. The van der Waals surface area contributed by atoms with Crippen LogP contribution in [-0.4, -0.2) is 37.7 Å². The summed E-state index contributed by atoms with van der Waals surface area (Å²) in [4.78, 5) is 7.24. The lowest BCUT2D eigenvalue weighted by Crippen LogP contribution is -2.47. The molecule has 1 unspecified atom stereocenters. The fourth-order valence-corrected chi connectivity index (χ4v) is 3.16. The number of hydrogen-bond acceptors (Lipinski definition) is 2. The molecule has 2 rings (SSSR count). The zero-order valence-electron chi connectivity index (χ0n) is 14.7. The molecule has 0 bridgehead atoms. The summed E-state index contributed by atoms with van der Waals surface area (Å²) in [5, 5.41) is 6.78. The van der Waals surface area contributed by atoms with Crippen molar-refractivity contribution in [3.05, 3.63) is 28.7 Å². The molecule has 4 nitrogen and oxygen atoms in total. The molecule has 0 saturated carbocycles. The highest BCUT2D eigenvalue weighted by Gasteiger charge is 2.23. The van der Waals surface area contributed by atoms with Crippen molar-refractivity contribution in [1.82, 2.24) is 10.6 Å². The van der Waals surface area contributed by atoms with Gasteiger partial charge in [-0.3, -0.25) is 4.99 Å². The van der Waals surface area contributed by atoms with E-state index in [0.29, 0.717) is 5.92 Å². The van der Waals surface area contributed by atoms with Crippen molar-refractivity contribution in [1.29, 1.82) is 0 Å². The summed E-state index contributed by atoms with van der Waals surface area (Å²) in [6, 6.07) is 8.54. The Morgan fingerprint density at radius 2 is 2.17 bits per heavy atom. The normalized spacial score (nSPS) is 19.1. The molecule has 0 radical (unpaired) electrons. The second kappa shape index (κ2) is 8.04. The van der Waals surface area contributed by atoms with Gasteiger partial charge in [0.15, 0.2) is 5.96 Å². The van der Waals surface area contributed by atoms with Crippen molar-refractivity contribution in [2.45, 2.75) is 39.7 Å². The monoisotopic (exact) mass is 380 g/mol. The number of halogens is 1. The van der Waals surface area contributed by atoms with Crippen molar-refractivity contribution in [2.24, 2.45) is 10.9 Å².